The highest BCUT2D eigenvalue weighted by molar-refractivity contribution is 7.24. The highest BCUT2D eigenvalue weighted by atomic mass is 32.1. The lowest BCUT2D eigenvalue weighted by molar-refractivity contribution is 0.0648. The van der Waals surface area contributed by atoms with Crippen LogP contribution in [0.15, 0.2) is 16.5 Å². The maximum Gasteiger partial charge on any atom is 0.265 e. The molecular formula is C41H59NO3S2. The van der Waals surface area contributed by atoms with Gasteiger partial charge in [-0.25, -0.2) is 0 Å². The Bertz CT molecular complexity index is 1510. The van der Waals surface area contributed by atoms with Crippen molar-refractivity contribution in [2.45, 2.75) is 163 Å². The Labute approximate surface area is 292 Å². The van der Waals surface area contributed by atoms with Crippen LogP contribution in [0.3, 0.4) is 0 Å². The molecule has 0 spiro atoms. The van der Waals surface area contributed by atoms with Gasteiger partial charge < -0.3 is 4.42 Å². The standard InChI is InChI=1S/C41H59NO3S2/c1-7-11-14-16-18-20-23-41(27-30(10-4)22-13-9-3)31-25-28(5)46-37(31)38-32(41)26-33(47-38)36-35-34(29(6)45-36)39(43)42(40(35)44)24-21-19-17-15-12-8-2/h25-26,30H,7-24,27H2,1-6H3. The largest absolute Gasteiger partial charge is 0.459 e. The lowest BCUT2D eigenvalue weighted by atomic mass is 9.68. The Morgan fingerprint density at radius 2 is 1.32 bits per heavy atom. The number of carbonyl (C=O) groups is 2. The van der Waals surface area contributed by atoms with Crippen molar-refractivity contribution in [1.29, 1.82) is 0 Å². The average Bonchev–Trinajstić information content (AvgIpc) is 3.84. The second-order valence-corrected chi connectivity index (χ2v) is 16.7. The van der Waals surface area contributed by atoms with Gasteiger partial charge in [-0.05, 0) is 62.3 Å². The normalized spacial score (nSPS) is 17.5. The molecule has 2 amide bonds. The van der Waals surface area contributed by atoms with E-state index < -0.39 is 0 Å². The van der Waals surface area contributed by atoms with Crippen molar-refractivity contribution >= 4 is 34.5 Å². The molecule has 0 bridgehead atoms. The van der Waals surface area contributed by atoms with Crippen LogP contribution in [-0.2, 0) is 5.41 Å². The van der Waals surface area contributed by atoms with Crippen molar-refractivity contribution < 1.29 is 14.0 Å². The molecule has 0 saturated heterocycles. The van der Waals surface area contributed by atoms with Gasteiger partial charge in [0, 0.05) is 26.6 Å². The summed E-state index contributed by atoms with van der Waals surface area (Å²) in [6, 6.07) is 4.87. The first kappa shape index (κ1) is 36.1. The lowest BCUT2D eigenvalue weighted by Crippen LogP contribution is -2.31. The van der Waals surface area contributed by atoms with Crippen LogP contribution in [0.4, 0.5) is 0 Å². The number of amides is 2. The number of furan rings is 1. The first-order valence-electron chi connectivity index (χ1n) is 19.1. The van der Waals surface area contributed by atoms with E-state index >= 15 is 0 Å². The zero-order chi connectivity index (χ0) is 33.6. The summed E-state index contributed by atoms with van der Waals surface area (Å²) in [6.45, 7) is 13.8. The Morgan fingerprint density at radius 1 is 0.723 bits per heavy atom. The number of hydrogen-bond acceptors (Lipinski definition) is 5. The minimum Gasteiger partial charge on any atom is -0.459 e. The molecule has 3 aromatic heterocycles. The van der Waals surface area contributed by atoms with Crippen molar-refractivity contribution in [3.63, 3.8) is 0 Å². The van der Waals surface area contributed by atoms with E-state index in [-0.39, 0.29) is 17.2 Å². The molecule has 0 aromatic carbocycles. The van der Waals surface area contributed by atoms with E-state index in [1.54, 1.807) is 16.9 Å². The molecule has 0 fully saturated rings. The maximum atomic E-state index is 13.9. The molecule has 1 aliphatic heterocycles. The summed E-state index contributed by atoms with van der Waals surface area (Å²) in [5.41, 5.74) is 3.98. The smallest absolute Gasteiger partial charge is 0.265 e. The van der Waals surface area contributed by atoms with Crippen LogP contribution < -0.4 is 0 Å². The molecule has 2 aliphatic rings. The summed E-state index contributed by atoms with van der Waals surface area (Å²) >= 11 is 3.72. The van der Waals surface area contributed by atoms with Crippen LogP contribution in [0.1, 0.15) is 186 Å². The van der Waals surface area contributed by atoms with Gasteiger partial charge in [-0.15, -0.1) is 22.7 Å². The van der Waals surface area contributed by atoms with Crippen molar-refractivity contribution in [3.8, 4) is 20.4 Å². The predicted molar refractivity (Wildman–Crippen MR) is 200 cm³/mol. The second kappa shape index (κ2) is 16.5. The number of imide groups is 1. The number of unbranched alkanes of at least 4 members (excludes halogenated alkanes) is 11. The molecule has 1 aliphatic carbocycles. The van der Waals surface area contributed by atoms with E-state index in [0.29, 0.717) is 35.1 Å². The van der Waals surface area contributed by atoms with E-state index in [1.165, 1.54) is 121 Å². The van der Waals surface area contributed by atoms with Crippen molar-refractivity contribution in [3.05, 3.63) is 45.0 Å². The van der Waals surface area contributed by atoms with Gasteiger partial charge in [-0.3, -0.25) is 14.5 Å². The maximum absolute atomic E-state index is 13.9. The van der Waals surface area contributed by atoms with Gasteiger partial charge in [0.1, 0.15) is 11.3 Å². The molecule has 6 heteroatoms. The topological polar surface area (TPSA) is 50.5 Å². The number of fused-ring (bicyclic) bond motifs is 4. The average molecular weight is 678 g/mol. The van der Waals surface area contributed by atoms with Crippen LogP contribution in [0.5, 0.6) is 0 Å². The minimum atomic E-state index is -0.176. The number of nitrogens with zero attached hydrogens (tertiary/aromatic N) is 1. The molecule has 4 heterocycles. The first-order valence-corrected chi connectivity index (χ1v) is 20.7. The highest BCUT2D eigenvalue weighted by Gasteiger charge is 2.48. The number of rotatable bonds is 21. The van der Waals surface area contributed by atoms with Crippen LogP contribution in [0.25, 0.3) is 20.4 Å². The van der Waals surface area contributed by atoms with E-state index in [9.17, 15) is 9.59 Å². The van der Waals surface area contributed by atoms with Crippen molar-refractivity contribution in [1.82, 2.24) is 4.90 Å². The number of hydrogen-bond donors (Lipinski definition) is 0. The van der Waals surface area contributed by atoms with Gasteiger partial charge in [0.05, 0.1) is 10.4 Å². The fraction of sp³-hybridized carbons (Fsp3) is 0.659. The lowest BCUT2D eigenvalue weighted by Gasteiger charge is -2.35. The molecule has 5 rings (SSSR count). The number of aryl methyl sites for hydroxylation is 2. The van der Waals surface area contributed by atoms with Gasteiger partial charge >= 0.3 is 0 Å². The summed E-state index contributed by atoms with van der Waals surface area (Å²) in [7, 11) is 0. The van der Waals surface area contributed by atoms with Gasteiger partial charge in [-0.2, -0.15) is 0 Å². The highest BCUT2D eigenvalue weighted by Crippen LogP contribution is 2.61. The second-order valence-electron chi connectivity index (χ2n) is 14.4. The van der Waals surface area contributed by atoms with E-state index in [1.807, 2.05) is 18.3 Å². The summed E-state index contributed by atoms with van der Waals surface area (Å²) in [5.74, 6) is 1.52. The Hall–Kier alpha value is -2.18. The third-order valence-corrected chi connectivity index (χ3v) is 13.3. The van der Waals surface area contributed by atoms with Gasteiger partial charge in [-0.1, -0.05) is 124 Å². The molecule has 4 nitrogen and oxygen atoms in total. The van der Waals surface area contributed by atoms with Crippen molar-refractivity contribution in [2.24, 2.45) is 5.92 Å². The van der Waals surface area contributed by atoms with Crippen LogP contribution in [-0.4, -0.2) is 23.3 Å². The van der Waals surface area contributed by atoms with E-state index in [2.05, 4.69) is 46.8 Å². The summed E-state index contributed by atoms with van der Waals surface area (Å²) in [6.07, 6.45) is 21.9. The summed E-state index contributed by atoms with van der Waals surface area (Å²) in [4.78, 5) is 34.1. The van der Waals surface area contributed by atoms with Crippen LogP contribution >= 0.6 is 22.7 Å². The number of carbonyl (C=O) groups excluding carboxylic acids is 2. The van der Waals surface area contributed by atoms with Crippen LogP contribution in [0.2, 0.25) is 0 Å². The SMILES string of the molecule is CCCCCCCCN1C(=O)c2c(C)oc(-c3cc4c(s3)-c3sc(C)cc3C4(CCCCCCCC)CC(CC)CCCC)c2C1=O. The fourth-order valence-corrected chi connectivity index (χ4v) is 10.8. The third kappa shape index (κ3) is 7.39. The molecule has 47 heavy (non-hydrogen) atoms. The predicted octanol–water partition coefficient (Wildman–Crippen LogP) is 13.3. The Balaban J connectivity index is 1.48. The monoisotopic (exact) mass is 677 g/mol. The zero-order valence-corrected chi connectivity index (χ0v) is 31.8. The quantitative estimate of drug-likeness (QED) is 0.0833. The Kier molecular flexibility index (Phi) is 12.7. The molecule has 2 unspecified atom stereocenters. The molecule has 0 saturated carbocycles. The van der Waals surface area contributed by atoms with Gasteiger partial charge in [0.25, 0.3) is 11.8 Å². The van der Waals surface area contributed by atoms with Crippen molar-refractivity contribution in [2.75, 3.05) is 6.54 Å². The Morgan fingerprint density at radius 3 is 2.00 bits per heavy atom. The third-order valence-electron chi connectivity index (χ3n) is 10.9. The van der Waals surface area contributed by atoms with E-state index in [4.69, 9.17) is 4.42 Å². The van der Waals surface area contributed by atoms with Gasteiger partial charge in [0.2, 0.25) is 0 Å². The van der Waals surface area contributed by atoms with Crippen LogP contribution in [0, 0.1) is 19.8 Å². The van der Waals surface area contributed by atoms with E-state index in [0.717, 1.165) is 24.1 Å². The van der Waals surface area contributed by atoms with Gasteiger partial charge in [0.15, 0.2) is 5.76 Å². The molecule has 2 atom stereocenters. The first-order chi connectivity index (χ1) is 22.8. The zero-order valence-electron chi connectivity index (χ0n) is 30.2. The fourth-order valence-electron chi connectivity index (χ4n) is 8.24. The minimum absolute atomic E-state index is 0.00218. The summed E-state index contributed by atoms with van der Waals surface area (Å²) in [5, 5.41) is 0. The molecule has 0 radical (unpaired) electrons. The molecular weight excluding hydrogens is 619 g/mol. The number of thiophene rings is 2. The summed E-state index contributed by atoms with van der Waals surface area (Å²) < 4.78 is 6.37. The molecule has 258 valence electrons. The molecule has 3 aromatic rings. The molecule has 0 N–H and O–H groups in total.